The quantitative estimate of drug-likeness (QED) is 0.607. The zero-order chi connectivity index (χ0) is 18.4. The predicted octanol–water partition coefficient (Wildman–Crippen LogP) is 5.78. The number of rotatable bonds is 8. The number of hydrogen-bond donors (Lipinski definition) is 1. The first kappa shape index (κ1) is 19.9. The molecule has 1 N–H and O–H groups in total. The van der Waals surface area contributed by atoms with E-state index in [1.54, 1.807) is 37.3 Å². The van der Waals surface area contributed by atoms with Crippen LogP contribution >= 0.6 is 34.8 Å². The molecule has 2 aromatic rings. The molecule has 134 valence electrons. The molecule has 0 fully saturated rings. The molecule has 4 nitrogen and oxygen atoms in total. The highest BCUT2D eigenvalue weighted by molar-refractivity contribution is 6.42. The molecular formula is C18H17Cl3O4. The summed E-state index contributed by atoms with van der Waals surface area (Å²) in [6.45, 7) is 2.50. The Bertz CT molecular complexity index is 749. The molecule has 0 aromatic heterocycles. The summed E-state index contributed by atoms with van der Waals surface area (Å²) in [5.74, 6) is -0.389. The lowest BCUT2D eigenvalue weighted by Crippen LogP contribution is -2.10. The van der Waals surface area contributed by atoms with Gasteiger partial charge in [0.05, 0.1) is 27.6 Å². The number of carbonyl (C=O) groups is 1. The highest BCUT2D eigenvalue weighted by Crippen LogP contribution is 2.32. The number of ether oxygens (including phenoxy) is 2. The van der Waals surface area contributed by atoms with Gasteiger partial charge in [-0.15, -0.1) is 0 Å². The Kier molecular flexibility index (Phi) is 7.38. The van der Waals surface area contributed by atoms with E-state index in [1.165, 1.54) is 0 Å². The van der Waals surface area contributed by atoms with Gasteiger partial charge in [-0.3, -0.25) is 4.79 Å². The zero-order valence-electron chi connectivity index (χ0n) is 13.5. The summed E-state index contributed by atoms with van der Waals surface area (Å²) in [5, 5.41) is 10.3. The Balaban J connectivity index is 2.09. The van der Waals surface area contributed by atoms with Crippen LogP contribution < -0.4 is 4.74 Å². The summed E-state index contributed by atoms with van der Waals surface area (Å²) < 4.78 is 11.2. The standard InChI is InChI=1S/C18H17Cl3O4/c1-2-24-17(9-18(22)23)13-5-4-12(8-15(13)20)25-10-11-3-6-14(19)16(21)7-11/h3-8,17H,2,9-10H2,1H3,(H,22,23). The van der Waals surface area contributed by atoms with Crippen LogP contribution in [0.2, 0.25) is 15.1 Å². The normalized spacial score (nSPS) is 12.0. The maximum absolute atomic E-state index is 11.0. The van der Waals surface area contributed by atoms with Crippen LogP contribution in [-0.4, -0.2) is 17.7 Å². The lowest BCUT2D eigenvalue weighted by atomic mass is 10.1. The molecule has 0 aliphatic carbocycles. The highest BCUT2D eigenvalue weighted by Gasteiger charge is 2.19. The molecule has 0 aliphatic rings. The van der Waals surface area contributed by atoms with Crippen LogP contribution in [0.4, 0.5) is 0 Å². The Morgan fingerprint density at radius 1 is 1.08 bits per heavy atom. The molecule has 2 aromatic carbocycles. The monoisotopic (exact) mass is 402 g/mol. The average Bonchev–Trinajstić information content (AvgIpc) is 2.55. The molecule has 0 aliphatic heterocycles. The first-order chi connectivity index (χ1) is 11.9. The maximum Gasteiger partial charge on any atom is 0.306 e. The molecule has 0 bridgehead atoms. The van der Waals surface area contributed by atoms with Gasteiger partial charge in [-0.25, -0.2) is 0 Å². The van der Waals surface area contributed by atoms with Gasteiger partial charge in [0.25, 0.3) is 0 Å². The summed E-state index contributed by atoms with van der Waals surface area (Å²) in [7, 11) is 0. The Hall–Kier alpha value is -1.46. The van der Waals surface area contributed by atoms with E-state index in [9.17, 15) is 4.79 Å². The molecule has 25 heavy (non-hydrogen) atoms. The molecule has 0 amide bonds. The zero-order valence-corrected chi connectivity index (χ0v) is 15.7. The fourth-order valence-electron chi connectivity index (χ4n) is 2.27. The third kappa shape index (κ3) is 5.79. The first-order valence-corrected chi connectivity index (χ1v) is 8.73. The number of halogens is 3. The third-order valence-electron chi connectivity index (χ3n) is 3.44. The molecule has 1 atom stereocenters. The van der Waals surface area contributed by atoms with Crippen LogP contribution in [-0.2, 0) is 16.1 Å². The van der Waals surface area contributed by atoms with Gasteiger partial charge in [0.2, 0.25) is 0 Å². The lowest BCUT2D eigenvalue weighted by molar-refractivity contribution is -0.140. The Labute approximate surface area is 161 Å². The lowest BCUT2D eigenvalue weighted by Gasteiger charge is -2.17. The SMILES string of the molecule is CCOC(CC(=O)O)c1ccc(OCc2ccc(Cl)c(Cl)c2)cc1Cl. The van der Waals surface area contributed by atoms with Crippen LogP contribution in [0, 0.1) is 0 Å². The maximum atomic E-state index is 11.0. The van der Waals surface area contributed by atoms with E-state index in [1.807, 2.05) is 6.07 Å². The van der Waals surface area contributed by atoms with Crippen molar-refractivity contribution in [2.75, 3.05) is 6.61 Å². The number of hydrogen-bond acceptors (Lipinski definition) is 3. The summed E-state index contributed by atoms with van der Waals surface area (Å²) in [5.41, 5.74) is 1.49. The molecule has 2 rings (SSSR count). The number of carboxylic acid groups (broad SMARTS) is 1. The number of carboxylic acids is 1. The van der Waals surface area contributed by atoms with Crippen molar-refractivity contribution >= 4 is 40.8 Å². The predicted molar refractivity (Wildman–Crippen MR) is 98.9 cm³/mol. The van der Waals surface area contributed by atoms with Gasteiger partial charge in [0, 0.05) is 12.2 Å². The van der Waals surface area contributed by atoms with Gasteiger partial charge < -0.3 is 14.6 Å². The van der Waals surface area contributed by atoms with E-state index >= 15 is 0 Å². The second kappa shape index (κ2) is 9.30. The minimum Gasteiger partial charge on any atom is -0.489 e. The van der Waals surface area contributed by atoms with Gasteiger partial charge in [0.1, 0.15) is 12.4 Å². The summed E-state index contributed by atoms with van der Waals surface area (Å²) >= 11 is 18.1. The van der Waals surface area contributed by atoms with Gasteiger partial charge in [-0.1, -0.05) is 46.9 Å². The summed E-state index contributed by atoms with van der Waals surface area (Å²) in [4.78, 5) is 11.0. The van der Waals surface area contributed by atoms with Crippen molar-refractivity contribution < 1.29 is 19.4 Å². The van der Waals surface area contributed by atoms with Crippen LogP contribution in [0.5, 0.6) is 5.75 Å². The fourth-order valence-corrected chi connectivity index (χ4v) is 2.89. The Morgan fingerprint density at radius 3 is 2.44 bits per heavy atom. The van der Waals surface area contributed by atoms with Crippen LogP contribution in [0.15, 0.2) is 36.4 Å². The second-order valence-corrected chi connectivity index (χ2v) is 6.48. The molecule has 0 saturated heterocycles. The van der Waals surface area contributed by atoms with Crippen molar-refractivity contribution in [2.45, 2.75) is 26.1 Å². The van der Waals surface area contributed by atoms with E-state index in [2.05, 4.69) is 0 Å². The summed E-state index contributed by atoms with van der Waals surface area (Å²) in [6.07, 6.45) is -0.754. The number of benzene rings is 2. The van der Waals surface area contributed by atoms with E-state index < -0.39 is 12.1 Å². The van der Waals surface area contributed by atoms with E-state index in [-0.39, 0.29) is 6.42 Å². The highest BCUT2D eigenvalue weighted by atomic mass is 35.5. The minimum atomic E-state index is -0.950. The van der Waals surface area contributed by atoms with Crippen LogP contribution in [0.1, 0.15) is 30.6 Å². The van der Waals surface area contributed by atoms with Crippen molar-refractivity contribution in [1.82, 2.24) is 0 Å². The number of aliphatic carboxylic acids is 1. The molecule has 0 radical (unpaired) electrons. The van der Waals surface area contributed by atoms with Crippen molar-refractivity contribution in [3.63, 3.8) is 0 Å². The molecule has 7 heteroatoms. The third-order valence-corrected chi connectivity index (χ3v) is 4.50. The Morgan fingerprint density at radius 2 is 1.84 bits per heavy atom. The first-order valence-electron chi connectivity index (χ1n) is 7.60. The average molecular weight is 404 g/mol. The van der Waals surface area contributed by atoms with Crippen molar-refractivity contribution in [2.24, 2.45) is 0 Å². The van der Waals surface area contributed by atoms with Gasteiger partial charge in [-0.2, -0.15) is 0 Å². The smallest absolute Gasteiger partial charge is 0.306 e. The summed E-state index contributed by atoms with van der Waals surface area (Å²) in [6, 6.07) is 10.3. The van der Waals surface area contributed by atoms with Crippen LogP contribution in [0.25, 0.3) is 0 Å². The van der Waals surface area contributed by atoms with Gasteiger partial charge in [-0.05, 0) is 36.8 Å². The van der Waals surface area contributed by atoms with Crippen molar-refractivity contribution in [3.05, 3.63) is 62.6 Å². The topological polar surface area (TPSA) is 55.8 Å². The van der Waals surface area contributed by atoms with Crippen LogP contribution in [0.3, 0.4) is 0 Å². The molecule has 0 heterocycles. The van der Waals surface area contributed by atoms with Crippen molar-refractivity contribution in [3.8, 4) is 5.75 Å². The largest absolute Gasteiger partial charge is 0.489 e. The molecule has 0 spiro atoms. The van der Waals surface area contributed by atoms with E-state index in [0.29, 0.717) is 39.6 Å². The molecular weight excluding hydrogens is 387 g/mol. The molecule has 0 saturated carbocycles. The van der Waals surface area contributed by atoms with Gasteiger partial charge >= 0.3 is 5.97 Å². The molecule has 1 unspecified atom stereocenters. The fraction of sp³-hybridized carbons (Fsp3) is 0.278. The van der Waals surface area contributed by atoms with Gasteiger partial charge in [0.15, 0.2) is 0 Å². The van der Waals surface area contributed by atoms with E-state index in [0.717, 1.165) is 5.56 Å². The van der Waals surface area contributed by atoms with Crippen molar-refractivity contribution in [1.29, 1.82) is 0 Å². The minimum absolute atomic E-state index is 0.156. The second-order valence-electron chi connectivity index (χ2n) is 5.26. The van der Waals surface area contributed by atoms with E-state index in [4.69, 9.17) is 49.4 Å².